The normalized spacial score (nSPS) is 13.3. The molecule has 0 aliphatic carbocycles. The van der Waals surface area contributed by atoms with Crippen molar-refractivity contribution in [3.8, 4) is 0 Å². The number of aliphatic hydroxyl groups excluding tert-OH is 1. The molecule has 2 nitrogen and oxygen atoms in total. The van der Waals surface area contributed by atoms with Crippen LogP contribution in [0, 0.1) is 3.57 Å². The third-order valence-corrected chi connectivity index (χ3v) is 9.65. The molecule has 1 rings (SSSR count). The lowest BCUT2D eigenvalue weighted by molar-refractivity contribution is 0.281. The molecular formula is C11H19IO2Si. The Hall–Kier alpha value is 0.187. The Morgan fingerprint density at radius 2 is 1.93 bits per heavy atom. The van der Waals surface area contributed by atoms with Gasteiger partial charge in [-0.3, -0.25) is 0 Å². The fourth-order valence-corrected chi connectivity index (χ4v) is 4.17. The molecule has 4 heteroatoms. The Labute approximate surface area is 106 Å². The Morgan fingerprint density at radius 3 is 2.33 bits per heavy atom. The van der Waals surface area contributed by atoms with Gasteiger partial charge in [-0.15, -0.1) is 0 Å². The van der Waals surface area contributed by atoms with E-state index < -0.39 is 8.07 Å². The Kier molecular flexibility index (Phi) is 3.73. The molecule has 86 valence electrons. The van der Waals surface area contributed by atoms with Gasteiger partial charge in [-0.05, 0) is 27.6 Å². The first-order chi connectivity index (χ1) is 6.71. The van der Waals surface area contributed by atoms with Crippen LogP contribution in [-0.2, 0) is 6.61 Å². The van der Waals surface area contributed by atoms with Crippen LogP contribution in [0.1, 0.15) is 26.3 Å². The zero-order valence-electron chi connectivity index (χ0n) is 10.0. The number of hydrogen-bond donors (Lipinski definition) is 1. The second-order valence-electron chi connectivity index (χ2n) is 5.42. The van der Waals surface area contributed by atoms with Crippen LogP contribution < -0.4 is 5.38 Å². The maximum atomic E-state index is 9.37. The van der Waals surface area contributed by atoms with Crippen LogP contribution in [0.5, 0.6) is 0 Å². The average molecular weight is 338 g/mol. The average Bonchev–Trinajstić information content (AvgIpc) is 2.44. The third kappa shape index (κ3) is 2.31. The second kappa shape index (κ2) is 4.22. The first kappa shape index (κ1) is 13.3. The molecule has 0 radical (unpaired) electrons. The van der Waals surface area contributed by atoms with Crippen LogP contribution in [0.2, 0.25) is 18.1 Å². The summed E-state index contributed by atoms with van der Waals surface area (Å²) in [6.45, 7) is 11.4. The Morgan fingerprint density at radius 1 is 1.40 bits per heavy atom. The first-order valence-electron chi connectivity index (χ1n) is 5.09. The van der Waals surface area contributed by atoms with E-state index in [1.54, 1.807) is 6.26 Å². The number of furan rings is 1. The topological polar surface area (TPSA) is 33.4 Å². The van der Waals surface area contributed by atoms with Gasteiger partial charge >= 0.3 is 0 Å². The molecule has 1 aromatic rings. The van der Waals surface area contributed by atoms with Crippen molar-refractivity contribution in [2.24, 2.45) is 0 Å². The number of halogens is 1. The van der Waals surface area contributed by atoms with Crippen molar-refractivity contribution in [1.29, 1.82) is 0 Å². The molecule has 1 N–H and O–H groups in total. The highest BCUT2D eigenvalue weighted by atomic mass is 127. The lowest BCUT2D eigenvalue weighted by Gasteiger charge is -2.35. The fraction of sp³-hybridized carbons (Fsp3) is 0.636. The molecule has 0 aliphatic heterocycles. The maximum absolute atomic E-state index is 9.37. The first-order valence-corrected chi connectivity index (χ1v) is 9.17. The van der Waals surface area contributed by atoms with Crippen LogP contribution >= 0.6 is 22.6 Å². The van der Waals surface area contributed by atoms with Gasteiger partial charge in [0.2, 0.25) is 0 Å². The lowest BCUT2D eigenvalue weighted by atomic mass is 10.2. The van der Waals surface area contributed by atoms with Gasteiger partial charge < -0.3 is 9.52 Å². The standard InChI is InChI=1S/C11H19IO2Si/c1-11(2,3)15(4,5)10-8(6-13)9(12)7-14-10/h7,13H,6H2,1-5H3. The molecule has 0 saturated heterocycles. The number of rotatable bonds is 2. The van der Waals surface area contributed by atoms with Gasteiger partial charge in [-0.25, -0.2) is 0 Å². The molecule has 0 saturated carbocycles. The fourth-order valence-electron chi connectivity index (χ4n) is 1.37. The summed E-state index contributed by atoms with van der Waals surface area (Å²) < 4.78 is 6.71. The summed E-state index contributed by atoms with van der Waals surface area (Å²) in [5, 5.41) is 10.7. The highest BCUT2D eigenvalue weighted by Crippen LogP contribution is 2.36. The summed E-state index contributed by atoms with van der Waals surface area (Å²) in [5.41, 5.74) is 0.988. The van der Waals surface area contributed by atoms with E-state index in [2.05, 4.69) is 56.5 Å². The SMILES string of the molecule is CC(C)(C)[Si](C)(C)c1occ(I)c1CO. The third-order valence-electron chi connectivity index (χ3n) is 3.44. The summed E-state index contributed by atoms with van der Waals surface area (Å²) in [7, 11) is -1.66. The monoisotopic (exact) mass is 338 g/mol. The van der Waals surface area contributed by atoms with E-state index in [9.17, 15) is 5.11 Å². The minimum absolute atomic E-state index is 0.0800. The van der Waals surface area contributed by atoms with Crippen molar-refractivity contribution in [1.82, 2.24) is 0 Å². The molecule has 0 fully saturated rings. The van der Waals surface area contributed by atoms with E-state index in [0.717, 1.165) is 14.5 Å². The molecule has 0 spiro atoms. The predicted octanol–water partition coefficient (Wildman–Crippen LogP) is 3.09. The molecule has 0 unspecified atom stereocenters. The van der Waals surface area contributed by atoms with Gasteiger partial charge in [0.15, 0.2) is 0 Å². The molecule has 0 amide bonds. The number of aliphatic hydroxyl groups is 1. The summed E-state index contributed by atoms with van der Waals surface area (Å²) in [6, 6.07) is 0. The second-order valence-corrected chi connectivity index (χ2v) is 11.8. The van der Waals surface area contributed by atoms with Crippen molar-refractivity contribution >= 4 is 36.0 Å². The van der Waals surface area contributed by atoms with E-state index in [-0.39, 0.29) is 11.6 Å². The van der Waals surface area contributed by atoms with Gasteiger partial charge in [-0.2, -0.15) is 0 Å². The van der Waals surface area contributed by atoms with Crippen molar-refractivity contribution in [2.75, 3.05) is 0 Å². The van der Waals surface area contributed by atoms with Gasteiger partial charge in [0.1, 0.15) is 14.3 Å². The van der Waals surface area contributed by atoms with E-state index >= 15 is 0 Å². The van der Waals surface area contributed by atoms with Crippen LogP contribution in [-0.4, -0.2) is 13.2 Å². The molecule has 15 heavy (non-hydrogen) atoms. The van der Waals surface area contributed by atoms with E-state index in [1.165, 1.54) is 0 Å². The van der Waals surface area contributed by atoms with Gasteiger partial charge in [-0.1, -0.05) is 33.9 Å². The molecule has 1 heterocycles. The van der Waals surface area contributed by atoms with Crippen molar-refractivity contribution in [3.05, 3.63) is 15.4 Å². The van der Waals surface area contributed by atoms with E-state index in [0.29, 0.717) is 0 Å². The zero-order valence-corrected chi connectivity index (χ0v) is 13.2. The molecule has 1 aromatic heterocycles. The Bertz CT molecular complexity index is 350. The summed E-state index contributed by atoms with van der Waals surface area (Å²) in [6.07, 6.45) is 1.75. The van der Waals surface area contributed by atoms with Crippen molar-refractivity contribution in [3.63, 3.8) is 0 Å². The van der Waals surface area contributed by atoms with Crippen LogP contribution in [0.25, 0.3) is 0 Å². The van der Waals surface area contributed by atoms with Gasteiger partial charge in [0, 0.05) is 5.56 Å². The summed E-state index contributed by atoms with van der Waals surface area (Å²) in [4.78, 5) is 0. The van der Waals surface area contributed by atoms with E-state index in [4.69, 9.17) is 4.42 Å². The zero-order chi connectivity index (χ0) is 11.9. The van der Waals surface area contributed by atoms with Crippen molar-refractivity contribution in [2.45, 2.75) is 45.5 Å². The molecular weight excluding hydrogens is 319 g/mol. The highest BCUT2D eigenvalue weighted by molar-refractivity contribution is 14.1. The summed E-state index contributed by atoms with van der Waals surface area (Å²) >= 11 is 2.22. The molecule has 0 bridgehead atoms. The van der Waals surface area contributed by atoms with E-state index in [1.807, 2.05) is 0 Å². The molecule has 0 aromatic carbocycles. The molecule has 0 atom stereocenters. The maximum Gasteiger partial charge on any atom is 0.132 e. The Balaban J connectivity index is 3.27. The molecule has 0 aliphatic rings. The number of hydrogen-bond acceptors (Lipinski definition) is 2. The minimum Gasteiger partial charge on any atom is -0.473 e. The van der Waals surface area contributed by atoms with Gasteiger partial charge in [0.25, 0.3) is 0 Å². The summed E-state index contributed by atoms with van der Waals surface area (Å²) in [5.74, 6) is 0. The van der Waals surface area contributed by atoms with Crippen LogP contribution in [0.4, 0.5) is 0 Å². The van der Waals surface area contributed by atoms with Crippen molar-refractivity contribution < 1.29 is 9.52 Å². The minimum atomic E-state index is -1.66. The lowest BCUT2D eigenvalue weighted by Crippen LogP contribution is -2.50. The predicted molar refractivity (Wildman–Crippen MR) is 74.2 cm³/mol. The smallest absolute Gasteiger partial charge is 0.132 e. The van der Waals surface area contributed by atoms with Crippen LogP contribution in [0.3, 0.4) is 0 Å². The van der Waals surface area contributed by atoms with Crippen LogP contribution in [0.15, 0.2) is 10.7 Å². The largest absolute Gasteiger partial charge is 0.473 e. The highest BCUT2D eigenvalue weighted by Gasteiger charge is 2.41. The quantitative estimate of drug-likeness (QED) is 0.664. The van der Waals surface area contributed by atoms with Gasteiger partial charge in [0.05, 0.1) is 15.6 Å².